The van der Waals surface area contributed by atoms with Crippen LogP contribution in [0.15, 0.2) is 12.2 Å². The first-order valence-corrected chi connectivity index (χ1v) is 13.0. The zero-order chi connectivity index (χ0) is 22.7. The first kappa shape index (κ1) is 26.1. The van der Waals surface area contributed by atoms with Gasteiger partial charge in [-0.25, -0.2) is 0 Å². The molecule has 0 unspecified atom stereocenters. The van der Waals surface area contributed by atoms with E-state index in [0.717, 1.165) is 77.3 Å². The van der Waals surface area contributed by atoms with Gasteiger partial charge >= 0.3 is 0 Å². The maximum Gasteiger partial charge on any atom is 0.222 e. The second-order valence-electron chi connectivity index (χ2n) is 10.8. The molecule has 2 aliphatic rings. The SMILES string of the molecule is CCCCC[C@H](O)/C=C/[C@H]1CCC(=O)[C@@H]1CCCCCCC(=O)N1CCCC(C)(C)C1. The fraction of sp³-hybridized carbons (Fsp3) is 0.852. The molecule has 1 aliphatic carbocycles. The fourth-order valence-electron chi connectivity index (χ4n) is 5.30. The number of aliphatic hydroxyl groups is 1. The minimum atomic E-state index is -0.370. The molecule has 3 atom stereocenters. The highest BCUT2D eigenvalue weighted by atomic mass is 16.3. The Bertz CT molecular complexity index is 583. The van der Waals surface area contributed by atoms with Crippen LogP contribution in [0.1, 0.15) is 111 Å². The zero-order valence-corrected chi connectivity index (χ0v) is 20.4. The molecule has 1 heterocycles. The molecule has 0 aromatic heterocycles. The third-order valence-electron chi connectivity index (χ3n) is 7.25. The third-order valence-corrected chi connectivity index (χ3v) is 7.25. The molecule has 1 saturated heterocycles. The quantitative estimate of drug-likeness (QED) is 0.283. The van der Waals surface area contributed by atoms with Gasteiger partial charge in [0.1, 0.15) is 5.78 Å². The van der Waals surface area contributed by atoms with E-state index in [1.807, 2.05) is 6.08 Å². The number of hydrogen-bond donors (Lipinski definition) is 1. The Labute approximate surface area is 190 Å². The number of hydrogen-bond acceptors (Lipinski definition) is 3. The van der Waals surface area contributed by atoms with Crippen LogP contribution in [-0.4, -0.2) is 40.9 Å². The molecule has 1 amide bonds. The van der Waals surface area contributed by atoms with Crippen LogP contribution >= 0.6 is 0 Å². The van der Waals surface area contributed by atoms with E-state index in [2.05, 4.69) is 31.7 Å². The standard InChI is InChI=1S/C27H47NO3/c1-4-5-8-12-23(29)17-15-22-16-18-25(30)24(22)13-9-6-7-10-14-26(31)28-20-11-19-27(2,3)21-28/h15,17,22-24,29H,4-14,16,18-21H2,1-3H3/b17-15+/t22-,23-,24+/m0/s1. The zero-order valence-electron chi connectivity index (χ0n) is 20.4. The summed E-state index contributed by atoms with van der Waals surface area (Å²) < 4.78 is 0. The van der Waals surface area contributed by atoms with Crippen LogP contribution in [0.5, 0.6) is 0 Å². The average molecular weight is 434 g/mol. The van der Waals surface area contributed by atoms with Crippen molar-refractivity contribution in [1.29, 1.82) is 0 Å². The smallest absolute Gasteiger partial charge is 0.222 e. The van der Waals surface area contributed by atoms with E-state index in [1.54, 1.807) is 0 Å². The molecule has 1 N–H and O–H groups in total. The van der Waals surface area contributed by atoms with Crippen LogP contribution in [0.25, 0.3) is 0 Å². The largest absolute Gasteiger partial charge is 0.389 e. The number of likely N-dealkylation sites (tertiary alicyclic amines) is 1. The number of aliphatic hydroxyl groups excluding tert-OH is 1. The van der Waals surface area contributed by atoms with Gasteiger partial charge in [0.05, 0.1) is 6.10 Å². The summed E-state index contributed by atoms with van der Waals surface area (Å²) in [5, 5.41) is 10.1. The van der Waals surface area contributed by atoms with Crippen molar-refractivity contribution in [2.75, 3.05) is 13.1 Å². The number of amides is 1. The van der Waals surface area contributed by atoms with E-state index in [4.69, 9.17) is 0 Å². The van der Waals surface area contributed by atoms with Crippen molar-refractivity contribution in [3.05, 3.63) is 12.2 Å². The number of rotatable bonds is 13. The van der Waals surface area contributed by atoms with Gasteiger partial charge in [0.2, 0.25) is 5.91 Å². The molecule has 0 spiro atoms. The molecular formula is C27H47NO3. The van der Waals surface area contributed by atoms with Crippen molar-refractivity contribution in [2.45, 2.75) is 117 Å². The van der Waals surface area contributed by atoms with Gasteiger partial charge in [-0.1, -0.05) is 71.4 Å². The Morgan fingerprint density at radius 2 is 1.97 bits per heavy atom. The summed E-state index contributed by atoms with van der Waals surface area (Å²) in [5.74, 6) is 1.16. The first-order chi connectivity index (χ1) is 14.8. The number of carbonyl (C=O) groups is 2. The summed E-state index contributed by atoms with van der Waals surface area (Å²) in [6.07, 6.45) is 17.7. The molecule has 31 heavy (non-hydrogen) atoms. The first-order valence-electron chi connectivity index (χ1n) is 13.0. The van der Waals surface area contributed by atoms with Crippen LogP contribution in [0, 0.1) is 17.3 Å². The lowest BCUT2D eigenvalue weighted by Gasteiger charge is -2.38. The average Bonchev–Trinajstić information content (AvgIpc) is 3.07. The molecule has 1 saturated carbocycles. The summed E-state index contributed by atoms with van der Waals surface area (Å²) in [5.41, 5.74) is 0.262. The molecule has 4 nitrogen and oxygen atoms in total. The third kappa shape index (κ3) is 9.47. The van der Waals surface area contributed by atoms with Gasteiger partial charge in [-0.15, -0.1) is 0 Å². The minimum Gasteiger partial charge on any atom is -0.389 e. The Balaban J connectivity index is 1.61. The lowest BCUT2D eigenvalue weighted by Crippen LogP contribution is -2.43. The van der Waals surface area contributed by atoms with Crippen molar-refractivity contribution < 1.29 is 14.7 Å². The monoisotopic (exact) mass is 433 g/mol. The molecule has 178 valence electrons. The van der Waals surface area contributed by atoms with Crippen molar-refractivity contribution in [3.8, 4) is 0 Å². The van der Waals surface area contributed by atoms with E-state index in [0.29, 0.717) is 30.4 Å². The topological polar surface area (TPSA) is 57.6 Å². The maximum absolute atomic E-state index is 12.5. The molecule has 0 bridgehead atoms. The molecule has 0 aromatic carbocycles. The number of ketones is 1. The lowest BCUT2D eigenvalue weighted by atomic mass is 9.84. The van der Waals surface area contributed by atoms with Gasteiger partial charge in [-0.05, 0) is 49.9 Å². The number of allylic oxidation sites excluding steroid dienone is 1. The predicted molar refractivity (Wildman–Crippen MR) is 128 cm³/mol. The summed E-state index contributed by atoms with van der Waals surface area (Å²) in [4.78, 5) is 26.9. The van der Waals surface area contributed by atoms with Crippen LogP contribution < -0.4 is 0 Å². The Morgan fingerprint density at radius 1 is 1.19 bits per heavy atom. The number of unbranched alkanes of at least 4 members (excludes halogenated alkanes) is 5. The van der Waals surface area contributed by atoms with Gasteiger partial charge < -0.3 is 10.0 Å². The minimum absolute atomic E-state index is 0.135. The summed E-state index contributed by atoms with van der Waals surface area (Å²) in [7, 11) is 0. The van der Waals surface area contributed by atoms with Gasteiger partial charge in [-0.3, -0.25) is 9.59 Å². The van der Waals surface area contributed by atoms with Crippen molar-refractivity contribution in [3.63, 3.8) is 0 Å². The van der Waals surface area contributed by atoms with Crippen LogP contribution in [0.4, 0.5) is 0 Å². The van der Waals surface area contributed by atoms with Crippen LogP contribution in [0.3, 0.4) is 0 Å². The highest BCUT2D eigenvalue weighted by Gasteiger charge is 2.32. The lowest BCUT2D eigenvalue weighted by molar-refractivity contribution is -0.134. The highest BCUT2D eigenvalue weighted by molar-refractivity contribution is 5.83. The maximum atomic E-state index is 12.5. The molecule has 4 heteroatoms. The summed E-state index contributed by atoms with van der Waals surface area (Å²) in [6.45, 7) is 8.51. The fourth-order valence-corrected chi connectivity index (χ4v) is 5.30. The molecule has 2 rings (SSSR count). The van der Waals surface area contributed by atoms with Crippen molar-refractivity contribution >= 4 is 11.7 Å². The van der Waals surface area contributed by atoms with E-state index in [9.17, 15) is 14.7 Å². The highest BCUT2D eigenvalue weighted by Crippen LogP contribution is 2.34. The Morgan fingerprint density at radius 3 is 2.71 bits per heavy atom. The molecule has 1 aliphatic heterocycles. The number of nitrogens with zero attached hydrogens (tertiary/aromatic N) is 1. The van der Waals surface area contributed by atoms with E-state index >= 15 is 0 Å². The van der Waals surface area contributed by atoms with Gasteiger partial charge in [0, 0.05) is 31.8 Å². The molecule has 0 radical (unpaired) electrons. The summed E-state index contributed by atoms with van der Waals surface area (Å²) in [6, 6.07) is 0. The second-order valence-corrected chi connectivity index (χ2v) is 10.8. The molecule has 0 aromatic rings. The normalized spacial score (nSPS) is 24.8. The Hall–Kier alpha value is -1.16. The molecular weight excluding hydrogens is 386 g/mol. The summed E-state index contributed by atoms with van der Waals surface area (Å²) >= 11 is 0. The molecule has 2 fully saturated rings. The van der Waals surface area contributed by atoms with Crippen LogP contribution in [-0.2, 0) is 9.59 Å². The van der Waals surface area contributed by atoms with Crippen molar-refractivity contribution in [1.82, 2.24) is 4.90 Å². The number of Topliss-reactive ketones (excluding diaryl/α,β-unsaturated/α-hetero) is 1. The van der Waals surface area contributed by atoms with E-state index in [1.165, 1.54) is 12.8 Å². The number of piperidine rings is 1. The second kappa shape index (κ2) is 13.4. The van der Waals surface area contributed by atoms with E-state index < -0.39 is 0 Å². The van der Waals surface area contributed by atoms with Gasteiger partial charge in [0.25, 0.3) is 0 Å². The number of carbonyl (C=O) groups excluding carboxylic acids is 2. The van der Waals surface area contributed by atoms with Crippen molar-refractivity contribution in [2.24, 2.45) is 17.3 Å². The van der Waals surface area contributed by atoms with Gasteiger partial charge in [0.15, 0.2) is 0 Å². The van der Waals surface area contributed by atoms with Crippen LogP contribution in [0.2, 0.25) is 0 Å². The predicted octanol–water partition coefficient (Wildman–Crippen LogP) is 6.07. The van der Waals surface area contributed by atoms with E-state index in [-0.39, 0.29) is 17.4 Å². The Kier molecular flexibility index (Phi) is 11.3. The van der Waals surface area contributed by atoms with Gasteiger partial charge in [-0.2, -0.15) is 0 Å².